The summed E-state index contributed by atoms with van der Waals surface area (Å²) in [7, 11) is 0. The summed E-state index contributed by atoms with van der Waals surface area (Å²) < 4.78 is 24.1. The summed E-state index contributed by atoms with van der Waals surface area (Å²) in [5, 5.41) is 14.0. The lowest BCUT2D eigenvalue weighted by Crippen LogP contribution is -2.16. The van der Waals surface area contributed by atoms with Gasteiger partial charge in [-0.05, 0) is 69.5 Å². The molecule has 2 aromatic heterocycles. The molecule has 3 rings (SSSR count). The Hall–Kier alpha value is -1.83. The first-order valence-corrected chi connectivity index (χ1v) is 14.1. The van der Waals surface area contributed by atoms with Crippen molar-refractivity contribution in [3.63, 3.8) is 0 Å². The Labute approximate surface area is 211 Å². The van der Waals surface area contributed by atoms with Crippen molar-refractivity contribution in [1.82, 2.24) is 20.0 Å². The van der Waals surface area contributed by atoms with Gasteiger partial charge in [-0.25, -0.2) is 18.4 Å². The fourth-order valence-electron chi connectivity index (χ4n) is 1.89. The number of benzene rings is 1. The predicted octanol–water partition coefficient (Wildman–Crippen LogP) is 5.16. The molecule has 0 radical (unpaired) electrons. The van der Waals surface area contributed by atoms with Crippen molar-refractivity contribution in [2.24, 2.45) is 5.73 Å². The Morgan fingerprint density at radius 2 is 1.67 bits per heavy atom. The lowest BCUT2D eigenvalue weighted by molar-refractivity contribution is 0.309. The second-order valence-electron chi connectivity index (χ2n) is 5.20. The summed E-state index contributed by atoms with van der Waals surface area (Å²) >= 11 is 6.56. The molecule has 33 heavy (non-hydrogen) atoms. The van der Waals surface area contributed by atoms with Crippen LogP contribution < -0.4 is 16.8 Å². The van der Waals surface area contributed by atoms with Crippen LogP contribution in [0.4, 0.5) is 10.2 Å². The smallest absolute Gasteiger partial charge is 0.364 e. The van der Waals surface area contributed by atoms with Crippen LogP contribution in [0.5, 0.6) is 0 Å². The highest BCUT2D eigenvalue weighted by Gasteiger charge is 2.22. The Morgan fingerprint density at radius 3 is 2.18 bits per heavy atom. The van der Waals surface area contributed by atoms with E-state index in [1.807, 2.05) is 52.7 Å². The fraction of sp³-hybridized carbons (Fsp3) is 0.500. The van der Waals surface area contributed by atoms with Gasteiger partial charge in [-0.3, -0.25) is 4.52 Å². The van der Waals surface area contributed by atoms with Crippen molar-refractivity contribution >= 4 is 45.3 Å². The van der Waals surface area contributed by atoms with Crippen LogP contribution in [-0.4, -0.2) is 58.1 Å². The molecule has 0 bridgehead atoms. The molecule has 0 aliphatic heterocycles. The van der Waals surface area contributed by atoms with Crippen LogP contribution in [0.3, 0.4) is 0 Å². The quantitative estimate of drug-likeness (QED) is 0.426. The van der Waals surface area contributed by atoms with Gasteiger partial charge in [-0.15, -0.1) is 0 Å². The first kappa shape index (κ1) is 33.3. The van der Waals surface area contributed by atoms with Crippen LogP contribution in [0.15, 0.2) is 36.6 Å². The zero-order valence-corrected chi connectivity index (χ0v) is 23.5. The zero-order chi connectivity index (χ0) is 25.8. The van der Waals surface area contributed by atoms with E-state index in [0.717, 1.165) is 4.57 Å². The van der Waals surface area contributed by atoms with Crippen molar-refractivity contribution < 1.29 is 13.5 Å². The third-order valence-corrected chi connectivity index (χ3v) is 3.51. The van der Waals surface area contributed by atoms with E-state index < -0.39 is 11.6 Å². The van der Waals surface area contributed by atoms with Crippen molar-refractivity contribution in [2.45, 2.75) is 27.7 Å². The van der Waals surface area contributed by atoms with Gasteiger partial charge in [0.15, 0.2) is 5.69 Å². The van der Waals surface area contributed by atoms with E-state index in [1.54, 1.807) is 23.5 Å². The molecular formula is C20H34BrFN6O3S2. The molecule has 3 N–H and O–H groups in total. The number of nitrogens with zero attached hydrogens (tertiary/aromatic N) is 4. The van der Waals surface area contributed by atoms with E-state index in [4.69, 9.17) is 5.73 Å². The maximum absolute atomic E-state index is 13.4. The Bertz CT molecular complexity index is 935. The third kappa shape index (κ3) is 11.2. The van der Waals surface area contributed by atoms with Crippen LogP contribution in [-0.2, 0) is 0 Å². The van der Waals surface area contributed by atoms with Gasteiger partial charge in [0.05, 0.1) is 10.2 Å². The summed E-state index contributed by atoms with van der Waals surface area (Å²) in [6.07, 6.45) is 8.17. The zero-order valence-electron chi connectivity index (χ0n) is 20.3. The molecule has 1 aromatic carbocycles. The molecule has 0 amide bonds. The van der Waals surface area contributed by atoms with E-state index in [9.17, 15) is 9.18 Å². The lowest BCUT2D eigenvalue weighted by atomic mass is 10.3. The molecule has 0 saturated carbocycles. The number of aromatic nitrogens is 4. The first-order valence-electron chi connectivity index (χ1n) is 10.1. The monoisotopic (exact) mass is 568 g/mol. The third-order valence-electron chi connectivity index (χ3n) is 2.90. The van der Waals surface area contributed by atoms with Gasteiger partial charge in [-0.1, -0.05) is 32.9 Å². The summed E-state index contributed by atoms with van der Waals surface area (Å²) in [5.74, 6) is -0.896. The van der Waals surface area contributed by atoms with Crippen molar-refractivity contribution in [1.29, 1.82) is 0 Å². The standard InChI is InChI=1S/C12H10BrFN6O3.2C2H6S.2C2H6/c13-7-5-6(1-2-8(7)14)20-11(19-22-12(20)21)9-10(16-4-3-15)18-23-17-9;2*1-3-2;2*1-2/h1-2,5H,3-4,15H2,(H,16,18);2*1-2H3;2*1-2H3. The topological polar surface area (TPSA) is 125 Å². The van der Waals surface area contributed by atoms with E-state index in [2.05, 4.69) is 45.9 Å². The summed E-state index contributed by atoms with van der Waals surface area (Å²) in [4.78, 5) is 12.0. The molecule has 0 saturated heterocycles. The maximum Gasteiger partial charge on any atom is 0.446 e. The van der Waals surface area contributed by atoms with E-state index >= 15 is 0 Å². The first-order chi connectivity index (χ1) is 15.9. The molecule has 9 nitrogen and oxygen atoms in total. The summed E-state index contributed by atoms with van der Waals surface area (Å²) in [6.45, 7) is 8.79. The number of thioether (sulfide) groups is 2. The van der Waals surface area contributed by atoms with Gasteiger partial charge in [0.2, 0.25) is 11.6 Å². The van der Waals surface area contributed by atoms with Crippen molar-refractivity contribution in [2.75, 3.05) is 43.4 Å². The number of halogens is 2. The van der Waals surface area contributed by atoms with E-state index in [0.29, 0.717) is 18.8 Å². The second-order valence-corrected chi connectivity index (χ2v) is 7.69. The number of nitrogens with one attached hydrogen (secondary N) is 1. The van der Waals surface area contributed by atoms with Gasteiger partial charge in [0.25, 0.3) is 0 Å². The van der Waals surface area contributed by atoms with Crippen molar-refractivity contribution in [3.8, 4) is 17.2 Å². The van der Waals surface area contributed by atoms with Gasteiger partial charge in [0, 0.05) is 13.1 Å². The highest BCUT2D eigenvalue weighted by Crippen LogP contribution is 2.25. The number of nitrogens with two attached hydrogens (primary N) is 1. The molecule has 0 aliphatic carbocycles. The van der Waals surface area contributed by atoms with Crippen LogP contribution in [0.25, 0.3) is 17.2 Å². The summed E-state index contributed by atoms with van der Waals surface area (Å²) in [6, 6.07) is 4.03. The minimum atomic E-state index is -0.758. The van der Waals surface area contributed by atoms with Crippen LogP contribution >= 0.6 is 39.5 Å². The number of rotatable bonds is 5. The molecule has 0 spiro atoms. The fourth-order valence-corrected chi connectivity index (χ4v) is 2.26. The molecule has 3 aromatic rings. The lowest BCUT2D eigenvalue weighted by Gasteiger charge is -2.05. The second kappa shape index (κ2) is 20.8. The molecule has 13 heteroatoms. The van der Waals surface area contributed by atoms with Gasteiger partial charge in [-0.2, -0.15) is 23.5 Å². The Balaban J connectivity index is 0. The summed E-state index contributed by atoms with van der Waals surface area (Å²) in [5.41, 5.74) is 5.93. The van der Waals surface area contributed by atoms with Crippen LogP contribution in [0, 0.1) is 5.82 Å². The molecule has 0 aliphatic rings. The van der Waals surface area contributed by atoms with Crippen molar-refractivity contribution in [3.05, 3.63) is 39.0 Å². The van der Waals surface area contributed by atoms with Gasteiger partial charge in [0.1, 0.15) is 5.82 Å². The molecular weight excluding hydrogens is 535 g/mol. The maximum atomic E-state index is 13.4. The minimum absolute atomic E-state index is 0.0641. The minimum Gasteiger partial charge on any atom is -0.364 e. The Kier molecular flexibility index (Phi) is 21.0. The number of hydrogen-bond donors (Lipinski definition) is 2. The highest BCUT2D eigenvalue weighted by molar-refractivity contribution is 9.10. The van der Waals surface area contributed by atoms with Crippen LogP contribution in [0.2, 0.25) is 0 Å². The number of hydrogen-bond acceptors (Lipinski definition) is 10. The molecule has 0 unspecified atom stereocenters. The van der Waals surface area contributed by atoms with Crippen LogP contribution in [0.1, 0.15) is 27.7 Å². The normalized spacial score (nSPS) is 9.06. The molecule has 0 atom stereocenters. The highest BCUT2D eigenvalue weighted by atomic mass is 79.9. The molecule has 2 heterocycles. The van der Waals surface area contributed by atoms with E-state index in [-0.39, 0.29) is 21.8 Å². The molecule has 0 fully saturated rings. The predicted molar refractivity (Wildman–Crippen MR) is 142 cm³/mol. The largest absolute Gasteiger partial charge is 0.446 e. The van der Waals surface area contributed by atoms with Gasteiger partial charge >= 0.3 is 5.76 Å². The van der Waals surface area contributed by atoms with E-state index in [1.165, 1.54) is 18.2 Å². The van der Waals surface area contributed by atoms with Gasteiger partial charge < -0.3 is 11.1 Å². The Morgan fingerprint density at radius 1 is 1.09 bits per heavy atom. The average molecular weight is 570 g/mol. The number of anilines is 1. The average Bonchev–Trinajstić information content (AvgIpc) is 3.44. The molecule has 188 valence electrons. The SMILES string of the molecule is CC.CC.CSC.CSC.NCCNc1nonc1-c1noc(=O)n1-c1ccc(F)c(Br)c1.